The van der Waals surface area contributed by atoms with Crippen molar-refractivity contribution in [1.29, 1.82) is 0 Å². The number of hydrogen-bond donors (Lipinski definition) is 3. The minimum absolute atomic E-state index is 0.112. The molecular formula is C21H26N6O4. The van der Waals surface area contributed by atoms with E-state index in [0.717, 1.165) is 12.8 Å². The number of hydrazine groups is 1. The summed E-state index contributed by atoms with van der Waals surface area (Å²) in [7, 11) is 0. The molecule has 1 aromatic heterocycles. The molecule has 0 radical (unpaired) electrons. The first-order valence-corrected chi connectivity index (χ1v) is 10.6. The normalized spacial score (nSPS) is 17.4. The number of aromatic nitrogens is 2. The molecule has 2 aromatic rings. The van der Waals surface area contributed by atoms with E-state index in [9.17, 15) is 19.2 Å². The fraction of sp³-hybridized carbons (Fsp3) is 0.476. The van der Waals surface area contributed by atoms with E-state index in [1.54, 1.807) is 24.3 Å². The summed E-state index contributed by atoms with van der Waals surface area (Å²) >= 11 is 0. The van der Waals surface area contributed by atoms with Crippen LogP contribution >= 0.6 is 0 Å². The van der Waals surface area contributed by atoms with Crippen LogP contribution in [0.5, 0.6) is 0 Å². The summed E-state index contributed by atoms with van der Waals surface area (Å²) in [4.78, 5) is 55.3. The highest BCUT2D eigenvalue weighted by atomic mass is 16.2. The number of carbonyl (C=O) groups is 3. The van der Waals surface area contributed by atoms with Crippen molar-refractivity contribution >= 4 is 34.7 Å². The molecule has 10 nitrogen and oxygen atoms in total. The second kappa shape index (κ2) is 8.37. The van der Waals surface area contributed by atoms with E-state index in [-0.39, 0.29) is 42.3 Å². The number of amides is 4. The lowest BCUT2D eigenvalue weighted by atomic mass is 9.98. The molecule has 4 amide bonds. The molecule has 2 aliphatic rings. The van der Waals surface area contributed by atoms with E-state index in [1.807, 2.05) is 6.92 Å². The molecule has 10 heteroatoms. The average Bonchev–Trinajstić information content (AvgIpc) is 3.32. The molecule has 4 rings (SSSR count). The van der Waals surface area contributed by atoms with Gasteiger partial charge < -0.3 is 5.32 Å². The molecular weight excluding hydrogens is 400 g/mol. The SMILES string of the molecule is CCn1c(NNC(=O)CCCN2C(=O)NC3(CCCC3)C2=O)nc2ccccc2c1=O. The van der Waals surface area contributed by atoms with Gasteiger partial charge in [-0.05, 0) is 38.3 Å². The number of urea groups is 1. The van der Waals surface area contributed by atoms with Gasteiger partial charge in [-0.1, -0.05) is 25.0 Å². The standard InChI is InChI=1S/C21H26N6O4/c1-2-26-17(29)14-8-3-4-9-15(14)22-19(26)25-24-16(28)10-7-13-27-18(30)21(23-20(27)31)11-5-6-12-21/h3-4,8-9H,2,5-7,10-13H2,1H3,(H,22,25)(H,23,31)(H,24,28). The third-order valence-corrected chi connectivity index (χ3v) is 5.98. The van der Waals surface area contributed by atoms with Gasteiger partial charge in [-0.25, -0.2) is 9.78 Å². The summed E-state index contributed by atoms with van der Waals surface area (Å²) in [6.45, 7) is 2.40. The highest BCUT2D eigenvalue weighted by molar-refractivity contribution is 6.07. The van der Waals surface area contributed by atoms with Gasteiger partial charge in [0.15, 0.2) is 0 Å². The Balaban J connectivity index is 1.33. The van der Waals surface area contributed by atoms with Crippen molar-refractivity contribution < 1.29 is 14.4 Å². The molecule has 1 spiro atoms. The van der Waals surface area contributed by atoms with E-state index in [2.05, 4.69) is 21.2 Å². The number of nitrogens with one attached hydrogen (secondary N) is 3. The first-order chi connectivity index (χ1) is 14.9. The molecule has 31 heavy (non-hydrogen) atoms. The predicted molar refractivity (Wildman–Crippen MR) is 114 cm³/mol. The number of para-hydroxylation sites is 1. The number of hydrogen-bond acceptors (Lipinski definition) is 6. The van der Waals surface area contributed by atoms with Crippen molar-refractivity contribution in [2.75, 3.05) is 12.0 Å². The molecule has 1 aliphatic carbocycles. The number of rotatable bonds is 7. The van der Waals surface area contributed by atoms with Crippen molar-refractivity contribution in [3.05, 3.63) is 34.6 Å². The number of benzene rings is 1. The number of carbonyl (C=O) groups excluding carboxylic acids is 3. The maximum atomic E-state index is 12.6. The quantitative estimate of drug-likeness (QED) is 0.455. The zero-order valence-corrected chi connectivity index (χ0v) is 17.4. The van der Waals surface area contributed by atoms with Gasteiger partial charge >= 0.3 is 6.03 Å². The summed E-state index contributed by atoms with van der Waals surface area (Å²) < 4.78 is 1.44. The van der Waals surface area contributed by atoms with E-state index in [1.165, 1.54) is 9.47 Å². The number of fused-ring (bicyclic) bond motifs is 1. The molecule has 1 saturated heterocycles. The Morgan fingerprint density at radius 1 is 1.19 bits per heavy atom. The van der Waals surface area contributed by atoms with Crippen LogP contribution in [0.2, 0.25) is 0 Å². The van der Waals surface area contributed by atoms with Crippen LogP contribution in [0.25, 0.3) is 10.9 Å². The molecule has 3 N–H and O–H groups in total. The lowest BCUT2D eigenvalue weighted by Gasteiger charge is -2.20. The van der Waals surface area contributed by atoms with Crippen LogP contribution < -0.4 is 21.7 Å². The average molecular weight is 426 g/mol. The number of nitrogens with zero attached hydrogens (tertiary/aromatic N) is 3. The number of imide groups is 1. The van der Waals surface area contributed by atoms with Crippen LogP contribution in [0.1, 0.15) is 45.4 Å². The molecule has 0 bridgehead atoms. The van der Waals surface area contributed by atoms with Gasteiger partial charge in [-0.3, -0.25) is 34.7 Å². The molecule has 164 valence electrons. The smallest absolute Gasteiger partial charge is 0.323 e. The maximum absolute atomic E-state index is 12.6. The zero-order chi connectivity index (χ0) is 22.0. The van der Waals surface area contributed by atoms with Gasteiger partial charge in [0.2, 0.25) is 11.9 Å². The predicted octanol–water partition coefficient (Wildman–Crippen LogP) is 1.50. The monoisotopic (exact) mass is 426 g/mol. The fourth-order valence-corrected chi connectivity index (χ4v) is 4.34. The van der Waals surface area contributed by atoms with Crippen LogP contribution in [-0.2, 0) is 16.1 Å². The molecule has 2 heterocycles. The Hall–Kier alpha value is -3.43. The highest BCUT2D eigenvalue weighted by Crippen LogP contribution is 2.35. The molecule has 1 aromatic carbocycles. The van der Waals surface area contributed by atoms with Crippen LogP contribution in [0.4, 0.5) is 10.7 Å². The van der Waals surface area contributed by atoms with Gasteiger partial charge in [0.1, 0.15) is 5.54 Å². The lowest BCUT2D eigenvalue weighted by Crippen LogP contribution is -2.44. The Morgan fingerprint density at radius 3 is 2.68 bits per heavy atom. The highest BCUT2D eigenvalue weighted by Gasteiger charge is 2.52. The van der Waals surface area contributed by atoms with Crippen LogP contribution in [0.15, 0.2) is 29.1 Å². The second-order valence-corrected chi connectivity index (χ2v) is 7.95. The van der Waals surface area contributed by atoms with Gasteiger partial charge in [0.05, 0.1) is 10.9 Å². The second-order valence-electron chi connectivity index (χ2n) is 7.95. The molecule has 0 unspecified atom stereocenters. The van der Waals surface area contributed by atoms with Gasteiger partial charge in [-0.2, -0.15) is 0 Å². The largest absolute Gasteiger partial charge is 0.325 e. The van der Waals surface area contributed by atoms with E-state index in [0.29, 0.717) is 36.7 Å². The third kappa shape index (κ3) is 3.85. The first kappa shape index (κ1) is 20.8. The number of anilines is 1. The molecule has 1 aliphatic heterocycles. The zero-order valence-electron chi connectivity index (χ0n) is 17.4. The molecule has 0 atom stereocenters. The van der Waals surface area contributed by atoms with Crippen molar-refractivity contribution in [1.82, 2.24) is 25.2 Å². The first-order valence-electron chi connectivity index (χ1n) is 10.6. The summed E-state index contributed by atoms with van der Waals surface area (Å²) in [5.74, 6) is -0.259. The minimum Gasteiger partial charge on any atom is -0.323 e. The van der Waals surface area contributed by atoms with Gasteiger partial charge in [-0.15, -0.1) is 0 Å². The van der Waals surface area contributed by atoms with E-state index in [4.69, 9.17) is 0 Å². The van der Waals surface area contributed by atoms with Crippen molar-refractivity contribution in [2.24, 2.45) is 0 Å². The Bertz CT molecular complexity index is 1090. The van der Waals surface area contributed by atoms with E-state index >= 15 is 0 Å². The lowest BCUT2D eigenvalue weighted by molar-refractivity contribution is -0.131. The van der Waals surface area contributed by atoms with Gasteiger partial charge in [0, 0.05) is 19.5 Å². The van der Waals surface area contributed by atoms with Crippen molar-refractivity contribution in [2.45, 2.75) is 57.5 Å². The topological polar surface area (TPSA) is 125 Å². The summed E-state index contributed by atoms with van der Waals surface area (Å²) in [6, 6.07) is 6.64. The fourth-order valence-electron chi connectivity index (χ4n) is 4.34. The third-order valence-electron chi connectivity index (χ3n) is 5.98. The van der Waals surface area contributed by atoms with Gasteiger partial charge in [0.25, 0.3) is 11.5 Å². The summed E-state index contributed by atoms with van der Waals surface area (Å²) in [6.07, 6.45) is 3.67. The van der Waals surface area contributed by atoms with Crippen LogP contribution in [-0.4, -0.2) is 44.4 Å². The minimum atomic E-state index is -0.730. The van der Waals surface area contributed by atoms with Crippen LogP contribution in [0.3, 0.4) is 0 Å². The van der Waals surface area contributed by atoms with Crippen molar-refractivity contribution in [3.8, 4) is 0 Å². The Kier molecular flexibility index (Phi) is 5.62. The van der Waals surface area contributed by atoms with Crippen LogP contribution in [0, 0.1) is 0 Å². The molecule has 1 saturated carbocycles. The maximum Gasteiger partial charge on any atom is 0.325 e. The van der Waals surface area contributed by atoms with E-state index < -0.39 is 5.54 Å². The van der Waals surface area contributed by atoms with Crippen molar-refractivity contribution in [3.63, 3.8) is 0 Å². The Labute approximate surface area is 179 Å². The molecule has 2 fully saturated rings. The Morgan fingerprint density at radius 2 is 1.94 bits per heavy atom. The summed E-state index contributed by atoms with van der Waals surface area (Å²) in [5, 5.41) is 3.34. The summed E-state index contributed by atoms with van der Waals surface area (Å²) in [5.41, 5.74) is 4.89.